The van der Waals surface area contributed by atoms with E-state index in [1.54, 1.807) is 64.4 Å². The molecule has 1 aliphatic heterocycles. The molecule has 1 aromatic carbocycles. The van der Waals surface area contributed by atoms with E-state index in [0.29, 0.717) is 24.0 Å². The van der Waals surface area contributed by atoms with Gasteiger partial charge in [-0.1, -0.05) is 0 Å². The fourth-order valence-electron chi connectivity index (χ4n) is 4.63. The Morgan fingerprint density at radius 2 is 1.90 bits per heavy atom. The van der Waals surface area contributed by atoms with Crippen LogP contribution in [0.3, 0.4) is 0 Å². The lowest BCUT2D eigenvalue weighted by Gasteiger charge is -2.39. The van der Waals surface area contributed by atoms with Crippen molar-refractivity contribution in [2.45, 2.75) is 87.7 Å². The molecule has 12 heteroatoms. The highest BCUT2D eigenvalue weighted by Gasteiger charge is 2.43. The van der Waals surface area contributed by atoms with Crippen molar-refractivity contribution in [1.29, 1.82) is 5.26 Å². The van der Waals surface area contributed by atoms with Crippen molar-refractivity contribution in [3.8, 4) is 6.07 Å². The Morgan fingerprint density at radius 1 is 1.23 bits per heavy atom. The van der Waals surface area contributed by atoms with Crippen molar-refractivity contribution < 1.29 is 22.7 Å². The summed E-state index contributed by atoms with van der Waals surface area (Å²) in [4.78, 5) is 28.4. The van der Waals surface area contributed by atoms with Crippen LogP contribution in [0, 0.1) is 11.3 Å². The largest absolute Gasteiger partial charge is 0.458 e. The molecule has 2 N–H and O–H groups in total. The second-order valence-electron chi connectivity index (χ2n) is 12.0. The first-order chi connectivity index (χ1) is 18.6. The van der Waals surface area contributed by atoms with E-state index in [0.717, 1.165) is 0 Å². The second-order valence-corrected chi connectivity index (χ2v) is 14.7. The molecular formula is C28H35N5O6S. The third-order valence-electron chi connectivity index (χ3n) is 6.79. The summed E-state index contributed by atoms with van der Waals surface area (Å²) >= 11 is 0. The highest BCUT2D eigenvalue weighted by molar-refractivity contribution is 7.92. The number of anilines is 2. The molecule has 2 aromatic heterocycles. The fraction of sp³-hybridized carbons (Fsp3) is 0.500. The number of hydrogen-bond acceptors (Lipinski definition) is 9. The van der Waals surface area contributed by atoms with Crippen LogP contribution in [0.15, 0.2) is 46.2 Å². The van der Waals surface area contributed by atoms with Crippen molar-refractivity contribution in [3.05, 3.63) is 46.9 Å². The van der Waals surface area contributed by atoms with E-state index in [-0.39, 0.29) is 34.7 Å². The van der Waals surface area contributed by atoms with Gasteiger partial charge < -0.3 is 19.8 Å². The van der Waals surface area contributed by atoms with Crippen LogP contribution in [0.4, 0.5) is 11.5 Å². The Balaban J connectivity index is 1.69. The Morgan fingerprint density at radius 3 is 2.45 bits per heavy atom. The SMILES string of the molecule is CC(C)(C)OC(=O)[C@@H]1CCC(CC#N)(n2nc(Nc3ccc(S(=O)(=O)C(C)(C)C)cc3)c3c(=O)[nH]ccc32)CO1. The number of ether oxygens (including phenoxy) is 2. The second kappa shape index (κ2) is 10.4. The summed E-state index contributed by atoms with van der Waals surface area (Å²) in [6, 6.07) is 10.2. The zero-order chi connectivity index (χ0) is 29.5. The van der Waals surface area contributed by atoms with Crippen molar-refractivity contribution in [1.82, 2.24) is 14.8 Å². The van der Waals surface area contributed by atoms with E-state index in [4.69, 9.17) is 14.6 Å². The summed E-state index contributed by atoms with van der Waals surface area (Å²) in [5, 5.41) is 17.8. The summed E-state index contributed by atoms with van der Waals surface area (Å²) < 4.78 is 37.7. The van der Waals surface area contributed by atoms with Crippen LogP contribution in [0.5, 0.6) is 0 Å². The third kappa shape index (κ3) is 5.62. The van der Waals surface area contributed by atoms with E-state index in [2.05, 4.69) is 16.4 Å². The lowest BCUT2D eigenvalue weighted by molar-refractivity contribution is -0.176. The number of nitrogens with zero attached hydrogens (tertiary/aromatic N) is 3. The maximum atomic E-state index is 12.9. The van der Waals surface area contributed by atoms with Crippen LogP contribution in [-0.2, 0) is 29.6 Å². The van der Waals surface area contributed by atoms with Crippen LogP contribution < -0.4 is 10.9 Å². The van der Waals surface area contributed by atoms with Gasteiger partial charge in [-0.2, -0.15) is 10.4 Å². The Hall–Kier alpha value is -3.69. The van der Waals surface area contributed by atoms with Gasteiger partial charge in [-0.25, -0.2) is 13.2 Å². The minimum atomic E-state index is -3.53. The quantitative estimate of drug-likeness (QED) is 0.416. The molecular weight excluding hydrogens is 534 g/mol. The van der Waals surface area contributed by atoms with Crippen molar-refractivity contribution in [2.75, 3.05) is 11.9 Å². The number of fused-ring (bicyclic) bond motifs is 1. The van der Waals surface area contributed by atoms with E-state index in [1.807, 2.05) is 0 Å². The summed E-state index contributed by atoms with van der Waals surface area (Å²) in [5.41, 5.74) is -0.941. The lowest BCUT2D eigenvalue weighted by atomic mass is 9.87. The molecule has 11 nitrogen and oxygen atoms in total. The van der Waals surface area contributed by atoms with Gasteiger partial charge in [0.05, 0.1) is 39.8 Å². The number of rotatable bonds is 6. The smallest absolute Gasteiger partial charge is 0.335 e. The molecule has 2 atom stereocenters. The van der Waals surface area contributed by atoms with Gasteiger partial charge in [0.15, 0.2) is 21.8 Å². The van der Waals surface area contributed by atoms with Crippen LogP contribution in [0.2, 0.25) is 0 Å². The number of hydrogen-bond donors (Lipinski definition) is 2. The zero-order valence-electron chi connectivity index (χ0n) is 23.6. The predicted molar refractivity (Wildman–Crippen MR) is 150 cm³/mol. The summed E-state index contributed by atoms with van der Waals surface area (Å²) in [7, 11) is -3.53. The van der Waals surface area contributed by atoms with Crippen LogP contribution in [0.25, 0.3) is 10.9 Å². The van der Waals surface area contributed by atoms with Gasteiger partial charge in [-0.15, -0.1) is 0 Å². The Bertz CT molecular complexity index is 1610. The average molecular weight is 570 g/mol. The summed E-state index contributed by atoms with van der Waals surface area (Å²) in [6.45, 7) is 10.3. The Kier molecular flexibility index (Phi) is 7.60. The molecule has 0 radical (unpaired) electrons. The monoisotopic (exact) mass is 569 g/mol. The van der Waals surface area contributed by atoms with Gasteiger partial charge in [0.25, 0.3) is 5.56 Å². The van der Waals surface area contributed by atoms with Crippen molar-refractivity contribution in [3.63, 3.8) is 0 Å². The number of sulfone groups is 1. The van der Waals surface area contributed by atoms with E-state index >= 15 is 0 Å². The van der Waals surface area contributed by atoms with Crippen LogP contribution in [0.1, 0.15) is 60.8 Å². The number of nitriles is 1. The maximum absolute atomic E-state index is 12.9. The number of H-pyrrole nitrogens is 1. The number of benzene rings is 1. The molecule has 4 rings (SSSR count). The first kappa shape index (κ1) is 29.3. The summed E-state index contributed by atoms with van der Waals surface area (Å²) in [5.74, 6) is -0.214. The number of aromatic amines is 1. The number of esters is 1. The van der Waals surface area contributed by atoms with E-state index < -0.39 is 37.8 Å². The van der Waals surface area contributed by atoms with Crippen molar-refractivity contribution in [2.24, 2.45) is 0 Å². The molecule has 3 heterocycles. The van der Waals surface area contributed by atoms with Crippen LogP contribution >= 0.6 is 0 Å². The molecule has 214 valence electrons. The molecule has 0 spiro atoms. The molecule has 0 bridgehead atoms. The molecule has 1 unspecified atom stereocenters. The zero-order valence-corrected chi connectivity index (χ0v) is 24.4. The first-order valence-corrected chi connectivity index (χ1v) is 14.5. The normalized spacial score (nSPS) is 20.2. The molecule has 0 amide bonds. The topological polar surface area (TPSA) is 156 Å². The predicted octanol–water partition coefficient (Wildman–Crippen LogP) is 4.17. The van der Waals surface area contributed by atoms with Gasteiger partial charge >= 0.3 is 5.97 Å². The minimum Gasteiger partial charge on any atom is -0.458 e. The highest BCUT2D eigenvalue weighted by atomic mass is 32.2. The number of pyridine rings is 1. The molecule has 0 aliphatic carbocycles. The maximum Gasteiger partial charge on any atom is 0.335 e. The number of carbonyl (C=O) groups is 1. The van der Waals surface area contributed by atoms with Gasteiger partial charge in [0.2, 0.25) is 0 Å². The van der Waals surface area contributed by atoms with Crippen molar-refractivity contribution >= 4 is 38.2 Å². The molecule has 1 fully saturated rings. The molecule has 1 aliphatic rings. The van der Waals surface area contributed by atoms with E-state index in [9.17, 15) is 23.3 Å². The molecule has 3 aromatic rings. The number of aromatic nitrogens is 3. The molecule has 0 saturated carbocycles. The number of carbonyl (C=O) groups excluding carboxylic acids is 1. The van der Waals surface area contributed by atoms with Gasteiger partial charge in [0, 0.05) is 11.9 Å². The van der Waals surface area contributed by atoms with E-state index in [1.165, 1.54) is 18.3 Å². The third-order valence-corrected chi connectivity index (χ3v) is 9.29. The highest BCUT2D eigenvalue weighted by Crippen LogP contribution is 2.37. The lowest BCUT2D eigenvalue weighted by Crippen LogP contribution is -2.47. The van der Waals surface area contributed by atoms with Crippen LogP contribution in [-0.4, -0.2) is 52.2 Å². The van der Waals surface area contributed by atoms with Gasteiger partial charge in [0.1, 0.15) is 11.0 Å². The molecule has 1 saturated heterocycles. The van der Waals surface area contributed by atoms with Gasteiger partial charge in [-0.05, 0) is 84.7 Å². The summed E-state index contributed by atoms with van der Waals surface area (Å²) in [6.07, 6.45) is 1.49. The Labute approximate surface area is 233 Å². The van der Waals surface area contributed by atoms with Gasteiger partial charge in [-0.3, -0.25) is 9.48 Å². The molecule has 40 heavy (non-hydrogen) atoms. The fourth-order valence-corrected chi connectivity index (χ4v) is 5.83. The first-order valence-electron chi connectivity index (χ1n) is 13.0. The number of nitrogens with one attached hydrogen (secondary N) is 2. The standard InChI is InChI=1S/C28H35N5O6S/c1-26(2,3)39-25(35)21-11-13-28(14-15-29,17-38-21)33-20-12-16-30-24(34)22(20)23(32-33)31-18-7-9-19(10-8-18)40(36,37)27(4,5)6/h7-10,12,16,21H,11,13-14,17H2,1-6H3,(H,30,34)(H,31,32)/t21-,28?/m0/s1. The average Bonchev–Trinajstić information content (AvgIpc) is 3.23. The minimum absolute atomic E-state index is 0.0207.